The Morgan fingerprint density at radius 2 is 1.62 bits per heavy atom. The number of hydrogen-bond donors (Lipinski definition) is 0. The van der Waals surface area contributed by atoms with E-state index in [0.717, 1.165) is 10.5 Å². The monoisotopic (exact) mass is 545 g/mol. The molecule has 4 atom stereocenters. The van der Waals surface area contributed by atoms with Crippen molar-refractivity contribution in [1.29, 1.82) is 0 Å². The molecule has 1 aliphatic heterocycles. The van der Waals surface area contributed by atoms with E-state index in [2.05, 4.69) is 15.0 Å². The number of aromatic nitrogens is 5. The largest absolute Gasteiger partial charge is 0.463 e. The Morgan fingerprint density at radius 3 is 2.23 bits per heavy atom. The van der Waals surface area contributed by atoms with Gasteiger partial charge in [-0.05, 0) is 20.8 Å². The first-order chi connectivity index (χ1) is 18.2. The highest BCUT2D eigenvalue weighted by Crippen LogP contribution is 2.36. The Balaban J connectivity index is 1.81. The molecule has 1 fully saturated rings. The summed E-state index contributed by atoms with van der Waals surface area (Å²) < 4.78 is 29.8. The van der Waals surface area contributed by atoms with Gasteiger partial charge in [0, 0.05) is 26.8 Å². The molecule has 0 aliphatic carbocycles. The molecule has 0 aromatic carbocycles. The molecule has 3 aromatic heterocycles. The third-order valence-corrected chi connectivity index (χ3v) is 5.45. The van der Waals surface area contributed by atoms with E-state index in [9.17, 15) is 24.0 Å². The van der Waals surface area contributed by atoms with Crippen LogP contribution in [0.5, 0.6) is 0 Å². The van der Waals surface area contributed by atoms with Gasteiger partial charge in [0.25, 0.3) is 5.56 Å². The lowest BCUT2D eigenvalue weighted by Gasteiger charge is -2.23. The van der Waals surface area contributed by atoms with Crippen molar-refractivity contribution in [3.05, 3.63) is 34.8 Å². The fourth-order valence-electron chi connectivity index (χ4n) is 4.06. The molecule has 0 unspecified atom stereocenters. The summed E-state index contributed by atoms with van der Waals surface area (Å²) in [6.07, 6.45) is -1.92. The van der Waals surface area contributed by atoms with Crippen LogP contribution in [-0.4, -0.2) is 78.3 Å². The fraction of sp³-hybridized carbons (Fsp3) is 0.500. The number of carbonyl (C=O) groups is 4. The molecule has 0 spiro atoms. The average molecular weight is 546 g/mol. The zero-order valence-corrected chi connectivity index (χ0v) is 22.1. The van der Waals surface area contributed by atoms with E-state index in [4.69, 9.17) is 23.7 Å². The van der Waals surface area contributed by atoms with Gasteiger partial charge in [-0.15, -0.1) is 0 Å². The maximum absolute atomic E-state index is 12.7. The van der Waals surface area contributed by atoms with Gasteiger partial charge in [-0.3, -0.25) is 23.7 Å². The molecule has 0 radical (unpaired) electrons. The van der Waals surface area contributed by atoms with Gasteiger partial charge in [0.2, 0.25) is 0 Å². The quantitative estimate of drug-likeness (QED) is 0.313. The molecular formula is C24H27N5O10. The third kappa shape index (κ3) is 5.87. The molecule has 0 N–H and O–H groups in total. The molecule has 4 heterocycles. The fourth-order valence-corrected chi connectivity index (χ4v) is 4.06. The first kappa shape index (κ1) is 27.6. The van der Waals surface area contributed by atoms with Crippen molar-refractivity contribution in [2.24, 2.45) is 0 Å². The van der Waals surface area contributed by atoms with Crippen molar-refractivity contribution in [1.82, 2.24) is 23.9 Å². The molecule has 0 saturated carbocycles. The Bertz CT molecular complexity index is 1520. The number of esters is 4. The van der Waals surface area contributed by atoms with Crippen LogP contribution in [-0.2, 0) is 38.1 Å². The minimum absolute atomic E-state index is 0.0159. The molecule has 1 aliphatic rings. The minimum Gasteiger partial charge on any atom is -0.463 e. The number of ether oxygens (including phenoxy) is 5. The van der Waals surface area contributed by atoms with Crippen molar-refractivity contribution >= 4 is 40.7 Å². The van der Waals surface area contributed by atoms with Gasteiger partial charge < -0.3 is 23.7 Å². The summed E-state index contributed by atoms with van der Waals surface area (Å²) in [6.45, 7) is 8.31. The van der Waals surface area contributed by atoms with E-state index in [1.54, 1.807) is 20.8 Å². The van der Waals surface area contributed by atoms with Crippen molar-refractivity contribution in [3.8, 4) is 0 Å². The van der Waals surface area contributed by atoms with Crippen LogP contribution in [0.25, 0.3) is 16.8 Å². The molecule has 208 valence electrons. The van der Waals surface area contributed by atoms with Crippen LogP contribution in [0.2, 0.25) is 0 Å². The van der Waals surface area contributed by atoms with Crippen molar-refractivity contribution < 1.29 is 42.9 Å². The highest BCUT2D eigenvalue weighted by Gasteiger charge is 2.51. The Morgan fingerprint density at radius 1 is 0.949 bits per heavy atom. The lowest BCUT2D eigenvalue weighted by molar-refractivity contribution is -0.166. The molecule has 15 nitrogen and oxygen atoms in total. The second-order valence-electron chi connectivity index (χ2n) is 9.76. The van der Waals surface area contributed by atoms with Crippen LogP contribution >= 0.6 is 0 Å². The SMILES string of the molecule is CC(=O)OC[C@H]1O[C@@H](n2cnc3c2ncn2c(=O)cc(C(=O)OC(C)(C)C)nc32)[C@H](OC(C)=O)[C@@H]1OC(C)=O. The van der Waals surface area contributed by atoms with Gasteiger partial charge in [0.05, 0.1) is 6.33 Å². The van der Waals surface area contributed by atoms with Crippen molar-refractivity contribution in [3.63, 3.8) is 0 Å². The smallest absolute Gasteiger partial charge is 0.357 e. The van der Waals surface area contributed by atoms with E-state index in [0.29, 0.717) is 0 Å². The normalized spacial score (nSPS) is 21.1. The summed E-state index contributed by atoms with van der Waals surface area (Å²) in [4.78, 5) is 73.5. The van der Waals surface area contributed by atoms with E-state index >= 15 is 0 Å². The number of nitrogens with zero attached hydrogens (tertiary/aromatic N) is 5. The number of carbonyl (C=O) groups excluding carboxylic acids is 4. The first-order valence-electron chi connectivity index (χ1n) is 11.9. The van der Waals surface area contributed by atoms with Crippen molar-refractivity contribution in [2.45, 2.75) is 71.7 Å². The lowest BCUT2D eigenvalue weighted by Crippen LogP contribution is -2.40. The molecule has 0 bridgehead atoms. The van der Waals surface area contributed by atoms with E-state index in [1.807, 2.05) is 0 Å². The van der Waals surface area contributed by atoms with Gasteiger partial charge in [0.15, 0.2) is 40.9 Å². The van der Waals surface area contributed by atoms with Crippen molar-refractivity contribution in [2.75, 3.05) is 6.61 Å². The Labute approximate surface area is 221 Å². The summed E-state index contributed by atoms with van der Waals surface area (Å²) in [5.74, 6) is -2.74. The Kier molecular flexibility index (Phi) is 7.37. The summed E-state index contributed by atoms with van der Waals surface area (Å²) in [5.41, 5.74) is -1.33. The zero-order chi connectivity index (χ0) is 28.6. The summed E-state index contributed by atoms with van der Waals surface area (Å²) >= 11 is 0. The van der Waals surface area contributed by atoms with Crippen LogP contribution in [0, 0.1) is 0 Å². The third-order valence-electron chi connectivity index (χ3n) is 5.45. The van der Waals surface area contributed by atoms with E-state index < -0.39 is 59.6 Å². The van der Waals surface area contributed by atoms with Gasteiger partial charge >= 0.3 is 23.9 Å². The highest BCUT2D eigenvalue weighted by molar-refractivity contribution is 5.91. The molecule has 39 heavy (non-hydrogen) atoms. The van der Waals surface area contributed by atoms with Gasteiger partial charge in [-0.25, -0.2) is 24.1 Å². The minimum atomic E-state index is -1.18. The molecule has 15 heteroatoms. The van der Waals surface area contributed by atoms with Gasteiger partial charge in [-0.1, -0.05) is 0 Å². The van der Waals surface area contributed by atoms with Crippen LogP contribution < -0.4 is 5.56 Å². The summed E-state index contributed by atoms with van der Waals surface area (Å²) in [5, 5.41) is 0. The number of hydrogen-bond acceptors (Lipinski definition) is 13. The Hall–Kier alpha value is -4.40. The molecule has 3 aromatic rings. The van der Waals surface area contributed by atoms with E-state index in [1.165, 1.54) is 38.0 Å². The van der Waals surface area contributed by atoms with Crippen LogP contribution in [0.4, 0.5) is 0 Å². The zero-order valence-electron chi connectivity index (χ0n) is 22.1. The van der Waals surface area contributed by atoms with Gasteiger partial charge in [0.1, 0.15) is 24.6 Å². The maximum Gasteiger partial charge on any atom is 0.357 e. The topological polar surface area (TPSA) is 180 Å². The lowest BCUT2D eigenvalue weighted by atomic mass is 10.1. The van der Waals surface area contributed by atoms with Crippen LogP contribution in [0.3, 0.4) is 0 Å². The molecule has 0 amide bonds. The van der Waals surface area contributed by atoms with E-state index in [-0.39, 0.29) is 29.1 Å². The van der Waals surface area contributed by atoms with Crippen LogP contribution in [0.15, 0.2) is 23.5 Å². The standard InChI is InChI=1S/C24H27N5O10/c1-11(30)35-8-15-18(36-12(2)31)19(37-13(3)32)22(38-15)29-9-25-17-20(29)26-10-28-16(33)7-14(27-21(17)28)23(34)39-24(4,5)6/h7,9-10,15,18-19,22H,8H2,1-6H3/t15-,18-,19-,22-/m1/s1. The predicted molar refractivity (Wildman–Crippen MR) is 129 cm³/mol. The first-order valence-corrected chi connectivity index (χ1v) is 11.9. The molecule has 4 rings (SSSR count). The second kappa shape index (κ2) is 10.4. The van der Waals surface area contributed by atoms with Crippen LogP contribution in [0.1, 0.15) is 58.3 Å². The number of imidazole rings is 1. The second-order valence-corrected chi connectivity index (χ2v) is 9.76. The molecular weight excluding hydrogens is 518 g/mol. The summed E-state index contributed by atoms with van der Waals surface area (Å²) in [6, 6.07) is 1.03. The average Bonchev–Trinajstić information content (AvgIpc) is 3.37. The molecule has 1 saturated heterocycles. The van der Waals surface area contributed by atoms with Gasteiger partial charge in [-0.2, -0.15) is 0 Å². The highest BCUT2D eigenvalue weighted by atomic mass is 16.7. The number of fused-ring (bicyclic) bond motifs is 3. The summed E-state index contributed by atoms with van der Waals surface area (Å²) in [7, 11) is 0. The maximum atomic E-state index is 12.7. The predicted octanol–water partition coefficient (Wildman–Crippen LogP) is 0.718. The number of rotatable bonds is 6.